The molecule has 5 nitrogen and oxygen atoms in total. The second-order valence-electron chi connectivity index (χ2n) is 6.54. The molecule has 0 bridgehead atoms. The number of nitrogens with one attached hydrogen (secondary N) is 2. The van der Waals surface area contributed by atoms with Crippen molar-refractivity contribution in [3.05, 3.63) is 0 Å². The van der Waals surface area contributed by atoms with Crippen LogP contribution in [0.4, 0.5) is 4.79 Å². The van der Waals surface area contributed by atoms with Crippen molar-refractivity contribution in [1.29, 1.82) is 0 Å². The largest absolute Gasteiger partial charge is 0.393 e. The third-order valence-corrected chi connectivity index (χ3v) is 2.96. The van der Waals surface area contributed by atoms with Gasteiger partial charge in [-0.25, -0.2) is 4.79 Å². The summed E-state index contributed by atoms with van der Waals surface area (Å²) >= 11 is 0. The lowest BCUT2D eigenvalue weighted by Crippen LogP contribution is -2.45. The molecule has 0 aliphatic rings. The molecule has 0 aliphatic carbocycles. The summed E-state index contributed by atoms with van der Waals surface area (Å²) in [5.74, 6) is 0. The molecule has 0 aromatic carbocycles. The first-order valence-corrected chi connectivity index (χ1v) is 6.99. The highest BCUT2D eigenvalue weighted by molar-refractivity contribution is 5.74. The fourth-order valence-corrected chi connectivity index (χ4v) is 1.99. The smallest absolute Gasteiger partial charge is 0.315 e. The Kier molecular flexibility index (Phi) is 8.02. The zero-order chi connectivity index (χ0) is 15.1. The number of hydrogen-bond acceptors (Lipinski definition) is 3. The highest BCUT2D eigenvalue weighted by atomic mass is 16.3. The van der Waals surface area contributed by atoms with Crippen LogP contribution in [-0.4, -0.2) is 55.4 Å². The molecule has 0 aliphatic heterocycles. The van der Waals surface area contributed by atoms with Crippen molar-refractivity contribution in [2.45, 2.75) is 52.7 Å². The lowest BCUT2D eigenvalue weighted by molar-refractivity contribution is 0.128. The Balaban J connectivity index is 3.91. The van der Waals surface area contributed by atoms with Gasteiger partial charge in [0.25, 0.3) is 0 Å². The molecule has 19 heavy (non-hydrogen) atoms. The van der Waals surface area contributed by atoms with Crippen LogP contribution in [0.5, 0.6) is 0 Å². The molecule has 0 radical (unpaired) electrons. The summed E-state index contributed by atoms with van der Waals surface area (Å²) in [6.07, 6.45) is 1.25. The molecule has 0 saturated heterocycles. The van der Waals surface area contributed by atoms with Gasteiger partial charge in [-0.3, -0.25) is 0 Å². The number of urea groups is 1. The standard InChI is InChI=1S/C14H31N3O2/c1-11(7-8-17(5)6)16-13(19)15-10-14(3,4)9-12(2)18/h11-12,18H,7-10H2,1-6H3,(H2,15,16,19). The van der Waals surface area contributed by atoms with Crippen LogP contribution in [0, 0.1) is 5.41 Å². The summed E-state index contributed by atoms with van der Waals surface area (Å²) in [5, 5.41) is 15.2. The van der Waals surface area contributed by atoms with Gasteiger partial charge in [-0.15, -0.1) is 0 Å². The maximum absolute atomic E-state index is 11.7. The molecule has 3 N–H and O–H groups in total. The summed E-state index contributed by atoms with van der Waals surface area (Å²) in [6, 6.07) is 0.0206. The molecular formula is C14H31N3O2. The molecule has 0 aromatic rings. The Hall–Kier alpha value is -0.810. The van der Waals surface area contributed by atoms with Gasteiger partial charge in [0.1, 0.15) is 0 Å². The van der Waals surface area contributed by atoms with E-state index in [1.807, 2.05) is 34.9 Å². The summed E-state index contributed by atoms with van der Waals surface area (Å²) in [5.41, 5.74) is -0.0988. The number of aliphatic hydroxyl groups excluding tert-OH is 1. The highest BCUT2D eigenvalue weighted by Crippen LogP contribution is 2.20. The first kappa shape index (κ1) is 18.2. The fourth-order valence-electron chi connectivity index (χ4n) is 1.99. The van der Waals surface area contributed by atoms with E-state index in [1.54, 1.807) is 6.92 Å². The van der Waals surface area contributed by atoms with E-state index in [-0.39, 0.29) is 23.6 Å². The van der Waals surface area contributed by atoms with Crippen molar-refractivity contribution in [1.82, 2.24) is 15.5 Å². The van der Waals surface area contributed by atoms with Gasteiger partial charge in [-0.05, 0) is 52.7 Å². The van der Waals surface area contributed by atoms with Crippen molar-refractivity contribution >= 4 is 6.03 Å². The monoisotopic (exact) mass is 273 g/mol. The molecule has 0 rings (SSSR count). The number of aliphatic hydroxyl groups is 1. The zero-order valence-corrected chi connectivity index (χ0v) is 13.3. The molecule has 0 heterocycles. The van der Waals surface area contributed by atoms with Crippen LogP contribution in [0.1, 0.15) is 40.5 Å². The first-order valence-electron chi connectivity index (χ1n) is 6.99. The summed E-state index contributed by atoms with van der Waals surface area (Å²) in [7, 11) is 4.04. The number of amides is 2. The van der Waals surface area contributed by atoms with Crippen molar-refractivity contribution in [2.24, 2.45) is 5.41 Å². The van der Waals surface area contributed by atoms with Crippen LogP contribution >= 0.6 is 0 Å². The van der Waals surface area contributed by atoms with Crippen LogP contribution in [-0.2, 0) is 0 Å². The fraction of sp³-hybridized carbons (Fsp3) is 0.929. The third kappa shape index (κ3) is 10.8. The van der Waals surface area contributed by atoms with Crippen LogP contribution in [0.15, 0.2) is 0 Å². The lowest BCUT2D eigenvalue weighted by atomic mass is 9.87. The van der Waals surface area contributed by atoms with E-state index in [0.717, 1.165) is 13.0 Å². The molecule has 2 atom stereocenters. The van der Waals surface area contributed by atoms with E-state index in [0.29, 0.717) is 13.0 Å². The Morgan fingerprint density at radius 1 is 1.32 bits per heavy atom. The Morgan fingerprint density at radius 3 is 2.37 bits per heavy atom. The van der Waals surface area contributed by atoms with Gasteiger partial charge in [0.2, 0.25) is 0 Å². The van der Waals surface area contributed by atoms with E-state index in [2.05, 4.69) is 15.5 Å². The van der Waals surface area contributed by atoms with Gasteiger partial charge in [0, 0.05) is 12.6 Å². The Labute approximate surface area is 117 Å². The maximum Gasteiger partial charge on any atom is 0.315 e. The SMILES string of the molecule is CC(O)CC(C)(C)CNC(=O)NC(C)CCN(C)C. The molecule has 2 unspecified atom stereocenters. The molecule has 114 valence electrons. The minimum Gasteiger partial charge on any atom is -0.393 e. The second-order valence-corrected chi connectivity index (χ2v) is 6.54. The summed E-state index contributed by atoms with van der Waals surface area (Å²) in [4.78, 5) is 13.8. The van der Waals surface area contributed by atoms with E-state index in [4.69, 9.17) is 0 Å². The van der Waals surface area contributed by atoms with Crippen molar-refractivity contribution in [3.8, 4) is 0 Å². The van der Waals surface area contributed by atoms with Crippen LogP contribution in [0.2, 0.25) is 0 Å². The number of nitrogens with zero attached hydrogens (tertiary/aromatic N) is 1. The van der Waals surface area contributed by atoms with Crippen molar-refractivity contribution < 1.29 is 9.90 Å². The molecular weight excluding hydrogens is 242 g/mol. The first-order chi connectivity index (χ1) is 8.62. The molecule has 5 heteroatoms. The summed E-state index contributed by atoms with van der Waals surface area (Å²) < 4.78 is 0. The predicted octanol–water partition coefficient (Wildman–Crippen LogP) is 1.42. The zero-order valence-electron chi connectivity index (χ0n) is 13.3. The quantitative estimate of drug-likeness (QED) is 0.627. The number of rotatable bonds is 8. The van der Waals surface area contributed by atoms with Crippen LogP contribution < -0.4 is 10.6 Å². The van der Waals surface area contributed by atoms with E-state index in [9.17, 15) is 9.90 Å². The average molecular weight is 273 g/mol. The van der Waals surface area contributed by atoms with Crippen molar-refractivity contribution in [2.75, 3.05) is 27.2 Å². The van der Waals surface area contributed by atoms with Gasteiger partial charge in [0.15, 0.2) is 0 Å². The predicted molar refractivity (Wildman–Crippen MR) is 79.2 cm³/mol. The molecule has 0 aromatic heterocycles. The average Bonchev–Trinajstić information content (AvgIpc) is 2.22. The summed E-state index contributed by atoms with van der Waals surface area (Å²) in [6.45, 7) is 9.36. The lowest BCUT2D eigenvalue weighted by Gasteiger charge is -2.27. The van der Waals surface area contributed by atoms with Gasteiger partial charge in [0.05, 0.1) is 6.10 Å². The normalized spacial score (nSPS) is 15.2. The number of carbonyl (C=O) groups excluding carboxylic acids is 1. The number of carbonyl (C=O) groups is 1. The van der Waals surface area contributed by atoms with E-state index in [1.165, 1.54) is 0 Å². The molecule has 0 saturated carbocycles. The van der Waals surface area contributed by atoms with Gasteiger partial charge in [-0.2, -0.15) is 0 Å². The Bertz CT molecular complexity index is 265. The Morgan fingerprint density at radius 2 is 1.89 bits per heavy atom. The number of hydrogen-bond donors (Lipinski definition) is 3. The van der Waals surface area contributed by atoms with E-state index >= 15 is 0 Å². The third-order valence-electron chi connectivity index (χ3n) is 2.96. The molecule has 0 fully saturated rings. The van der Waals surface area contributed by atoms with Gasteiger partial charge in [-0.1, -0.05) is 13.8 Å². The second kappa shape index (κ2) is 8.38. The van der Waals surface area contributed by atoms with Crippen LogP contribution in [0.25, 0.3) is 0 Å². The molecule has 2 amide bonds. The minimum atomic E-state index is -0.348. The maximum atomic E-state index is 11.7. The topological polar surface area (TPSA) is 64.6 Å². The molecule has 0 spiro atoms. The minimum absolute atomic E-state index is 0.0988. The highest BCUT2D eigenvalue weighted by Gasteiger charge is 2.21. The van der Waals surface area contributed by atoms with Crippen molar-refractivity contribution in [3.63, 3.8) is 0 Å². The van der Waals surface area contributed by atoms with Crippen LogP contribution in [0.3, 0.4) is 0 Å². The van der Waals surface area contributed by atoms with E-state index < -0.39 is 0 Å². The van der Waals surface area contributed by atoms with Gasteiger partial charge < -0.3 is 20.6 Å². The van der Waals surface area contributed by atoms with Gasteiger partial charge >= 0.3 is 6.03 Å².